The number of likely N-dealkylation sites (N-methyl/N-ethyl adjacent to an activating group) is 1. The maximum absolute atomic E-state index is 12.3. The highest BCUT2D eigenvalue weighted by Crippen LogP contribution is 2.22. The minimum Gasteiger partial charge on any atom is -0.457 e. The van der Waals surface area contributed by atoms with E-state index in [0.29, 0.717) is 18.0 Å². The average molecular weight is 389 g/mol. The molecule has 0 saturated carbocycles. The summed E-state index contributed by atoms with van der Waals surface area (Å²) in [7, 11) is 1.70. The number of hydrogen-bond donors (Lipinski definition) is 1. The smallest absolute Gasteiger partial charge is 0.233 e. The molecule has 3 aromatic rings. The van der Waals surface area contributed by atoms with Crippen LogP contribution < -0.4 is 10.1 Å². The third kappa shape index (κ3) is 6.46. The summed E-state index contributed by atoms with van der Waals surface area (Å²) in [4.78, 5) is 30.0. The highest BCUT2D eigenvalue weighted by Gasteiger charge is 2.14. The number of carbonyl (C=O) groups is 2. The number of ether oxygens (including phenoxy) is 1. The Balaban J connectivity index is 1.45. The van der Waals surface area contributed by atoms with Gasteiger partial charge in [0.15, 0.2) is 0 Å². The van der Waals surface area contributed by atoms with Crippen LogP contribution in [0.5, 0.6) is 11.5 Å². The van der Waals surface area contributed by atoms with Gasteiger partial charge in [0.1, 0.15) is 17.9 Å². The lowest BCUT2D eigenvalue weighted by Gasteiger charge is -2.17. The monoisotopic (exact) mass is 389 g/mol. The molecular formula is C23H23N3O3. The lowest BCUT2D eigenvalue weighted by atomic mass is 10.2. The third-order valence-corrected chi connectivity index (χ3v) is 4.34. The molecule has 0 aliphatic carbocycles. The molecule has 0 spiro atoms. The summed E-state index contributed by atoms with van der Waals surface area (Å²) in [5, 5.41) is 2.74. The predicted molar refractivity (Wildman–Crippen MR) is 112 cm³/mol. The van der Waals surface area contributed by atoms with E-state index < -0.39 is 0 Å². The van der Waals surface area contributed by atoms with Crippen LogP contribution in [0.2, 0.25) is 0 Å². The maximum atomic E-state index is 12.3. The summed E-state index contributed by atoms with van der Waals surface area (Å²) in [5.41, 5.74) is 1.71. The minimum atomic E-state index is -0.345. The molecule has 6 nitrogen and oxygen atoms in total. The predicted octanol–water partition coefficient (Wildman–Crippen LogP) is 3.90. The molecule has 0 radical (unpaired) electrons. The van der Waals surface area contributed by atoms with Gasteiger partial charge in [0.25, 0.3) is 0 Å². The van der Waals surface area contributed by atoms with Gasteiger partial charge in [0, 0.05) is 31.7 Å². The van der Waals surface area contributed by atoms with Crippen molar-refractivity contribution in [3.8, 4) is 11.5 Å². The molecule has 0 bridgehead atoms. The Hall–Kier alpha value is -3.67. The van der Waals surface area contributed by atoms with Gasteiger partial charge in [0.05, 0.1) is 0 Å². The number of nitrogens with one attached hydrogen (secondary N) is 1. The molecule has 29 heavy (non-hydrogen) atoms. The average Bonchev–Trinajstić information content (AvgIpc) is 2.75. The first-order chi connectivity index (χ1) is 14.1. The molecule has 0 saturated heterocycles. The molecule has 1 aromatic heterocycles. The normalized spacial score (nSPS) is 10.2. The van der Waals surface area contributed by atoms with Crippen molar-refractivity contribution in [2.24, 2.45) is 0 Å². The molecule has 0 unspecified atom stereocenters. The SMILES string of the molecule is CN(CCc1ccncc1)C(=O)CC(=O)Nc1ccc(Oc2ccccc2)cc1. The molecule has 2 aromatic carbocycles. The molecule has 6 heteroatoms. The van der Waals surface area contributed by atoms with Gasteiger partial charge in [-0.1, -0.05) is 18.2 Å². The molecule has 0 atom stereocenters. The van der Waals surface area contributed by atoms with Gasteiger partial charge in [-0.15, -0.1) is 0 Å². The molecular weight excluding hydrogens is 366 g/mol. The van der Waals surface area contributed by atoms with Crippen LogP contribution in [0, 0.1) is 0 Å². The second-order valence-corrected chi connectivity index (χ2v) is 6.59. The van der Waals surface area contributed by atoms with E-state index in [4.69, 9.17) is 4.74 Å². The van der Waals surface area contributed by atoms with Gasteiger partial charge in [-0.25, -0.2) is 0 Å². The van der Waals surface area contributed by atoms with Gasteiger partial charge < -0.3 is 15.0 Å². The number of nitrogens with zero attached hydrogens (tertiary/aromatic N) is 2. The van der Waals surface area contributed by atoms with Crippen molar-refractivity contribution in [3.05, 3.63) is 84.7 Å². The summed E-state index contributed by atoms with van der Waals surface area (Å²) < 4.78 is 5.72. The summed E-state index contributed by atoms with van der Waals surface area (Å²) in [6.07, 6.45) is 3.96. The molecule has 1 heterocycles. The fourth-order valence-corrected chi connectivity index (χ4v) is 2.68. The van der Waals surface area contributed by atoms with Crippen molar-refractivity contribution in [1.82, 2.24) is 9.88 Å². The van der Waals surface area contributed by atoms with E-state index in [1.807, 2.05) is 42.5 Å². The van der Waals surface area contributed by atoms with E-state index >= 15 is 0 Å². The summed E-state index contributed by atoms with van der Waals surface area (Å²) in [5.74, 6) is 0.842. The second-order valence-electron chi connectivity index (χ2n) is 6.59. The molecule has 2 amide bonds. The van der Waals surface area contributed by atoms with Crippen molar-refractivity contribution in [2.75, 3.05) is 18.9 Å². The van der Waals surface area contributed by atoms with Crippen LogP contribution in [0.3, 0.4) is 0 Å². The van der Waals surface area contributed by atoms with Crippen LogP contribution in [0.1, 0.15) is 12.0 Å². The molecule has 148 valence electrons. The van der Waals surface area contributed by atoms with Crippen LogP contribution in [0.4, 0.5) is 5.69 Å². The van der Waals surface area contributed by atoms with Gasteiger partial charge in [0.2, 0.25) is 11.8 Å². The van der Waals surface area contributed by atoms with E-state index in [1.165, 1.54) is 0 Å². The fraction of sp³-hybridized carbons (Fsp3) is 0.174. The van der Waals surface area contributed by atoms with E-state index in [2.05, 4.69) is 10.3 Å². The Morgan fingerprint density at radius 2 is 1.59 bits per heavy atom. The second kappa shape index (κ2) is 10.0. The largest absolute Gasteiger partial charge is 0.457 e. The van der Waals surface area contributed by atoms with Crippen LogP contribution in [-0.2, 0) is 16.0 Å². The quantitative estimate of drug-likeness (QED) is 0.593. The maximum Gasteiger partial charge on any atom is 0.233 e. The highest BCUT2D eigenvalue weighted by atomic mass is 16.5. The Kier molecular flexibility index (Phi) is 6.95. The first kappa shape index (κ1) is 20.1. The van der Waals surface area contributed by atoms with Crippen molar-refractivity contribution < 1.29 is 14.3 Å². The van der Waals surface area contributed by atoms with Gasteiger partial charge in [-0.2, -0.15) is 0 Å². The van der Waals surface area contributed by atoms with E-state index in [9.17, 15) is 9.59 Å². The van der Waals surface area contributed by atoms with Crippen LogP contribution in [0.25, 0.3) is 0 Å². The zero-order chi connectivity index (χ0) is 20.5. The summed E-state index contributed by atoms with van der Waals surface area (Å²) in [6.45, 7) is 0.543. The zero-order valence-electron chi connectivity index (χ0n) is 16.2. The number of carbonyl (C=O) groups excluding carboxylic acids is 2. The van der Waals surface area contributed by atoms with E-state index in [1.54, 1.807) is 48.6 Å². The summed E-state index contributed by atoms with van der Waals surface area (Å²) in [6, 6.07) is 20.3. The van der Waals surface area contributed by atoms with Crippen molar-refractivity contribution in [2.45, 2.75) is 12.8 Å². The number of pyridine rings is 1. The van der Waals surface area contributed by atoms with Gasteiger partial charge in [-0.3, -0.25) is 14.6 Å². The molecule has 3 rings (SSSR count). The van der Waals surface area contributed by atoms with Gasteiger partial charge in [-0.05, 0) is 60.5 Å². The van der Waals surface area contributed by atoms with E-state index in [0.717, 1.165) is 17.7 Å². The zero-order valence-corrected chi connectivity index (χ0v) is 16.2. The Morgan fingerprint density at radius 1 is 0.931 bits per heavy atom. The topological polar surface area (TPSA) is 71.5 Å². The Labute approximate surface area is 170 Å². The van der Waals surface area contributed by atoms with Crippen molar-refractivity contribution in [1.29, 1.82) is 0 Å². The van der Waals surface area contributed by atoms with Crippen LogP contribution in [-0.4, -0.2) is 35.3 Å². The fourth-order valence-electron chi connectivity index (χ4n) is 2.68. The molecule has 0 aliphatic rings. The number of rotatable bonds is 8. The van der Waals surface area contributed by atoms with Crippen LogP contribution >= 0.6 is 0 Å². The minimum absolute atomic E-state index is 0.199. The lowest BCUT2D eigenvalue weighted by Crippen LogP contribution is -2.32. The van der Waals surface area contributed by atoms with Crippen molar-refractivity contribution >= 4 is 17.5 Å². The number of anilines is 1. The number of para-hydroxylation sites is 1. The highest BCUT2D eigenvalue weighted by molar-refractivity contribution is 6.03. The summed E-state index contributed by atoms with van der Waals surface area (Å²) >= 11 is 0. The molecule has 0 fully saturated rings. The van der Waals surface area contributed by atoms with E-state index in [-0.39, 0.29) is 18.2 Å². The molecule has 0 aliphatic heterocycles. The third-order valence-electron chi connectivity index (χ3n) is 4.34. The van der Waals surface area contributed by atoms with Crippen molar-refractivity contribution in [3.63, 3.8) is 0 Å². The first-order valence-electron chi connectivity index (χ1n) is 9.36. The van der Waals surface area contributed by atoms with Crippen LogP contribution in [0.15, 0.2) is 79.1 Å². The first-order valence-corrected chi connectivity index (χ1v) is 9.36. The number of amides is 2. The molecule has 1 N–H and O–H groups in total. The lowest BCUT2D eigenvalue weighted by molar-refractivity contribution is -0.133. The number of aromatic nitrogens is 1. The number of benzene rings is 2. The Morgan fingerprint density at radius 3 is 2.28 bits per heavy atom. The van der Waals surface area contributed by atoms with Gasteiger partial charge >= 0.3 is 0 Å². The number of hydrogen-bond acceptors (Lipinski definition) is 4. The Bertz CT molecular complexity index is 929. The standard InChI is InChI=1S/C23H23N3O3/c1-26(16-13-18-11-14-24-15-12-18)23(28)17-22(27)25-19-7-9-21(10-8-19)29-20-5-3-2-4-6-20/h2-12,14-15H,13,16-17H2,1H3,(H,25,27).